The highest BCUT2D eigenvalue weighted by Gasteiger charge is 2.18. The van der Waals surface area contributed by atoms with Crippen LogP contribution in [0, 0.1) is 5.82 Å². The fourth-order valence-electron chi connectivity index (χ4n) is 1.55. The number of hydrogen-bond acceptors (Lipinski definition) is 5. The van der Waals surface area contributed by atoms with Crippen molar-refractivity contribution in [1.82, 2.24) is 5.16 Å². The third kappa shape index (κ3) is 2.35. The summed E-state index contributed by atoms with van der Waals surface area (Å²) < 4.78 is 28.7. The Labute approximate surface area is 107 Å². The van der Waals surface area contributed by atoms with E-state index in [0.717, 1.165) is 12.1 Å². The average molecular weight is 267 g/mol. The molecule has 19 heavy (non-hydrogen) atoms. The third-order valence-electron chi connectivity index (χ3n) is 2.47. The summed E-state index contributed by atoms with van der Waals surface area (Å²) in [4.78, 5) is 10.7. The van der Waals surface area contributed by atoms with Gasteiger partial charge in [0.05, 0.1) is 19.8 Å². The van der Waals surface area contributed by atoms with Crippen molar-refractivity contribution in [2.75, 3.05) is 14.2 Å². The highest BCUT2D eigenvalue weighted by molar-refractivity contribution is 5.86. The number of carbonyl (C=O) groups is 1. The van der Waals surface area contributed by atoms with E-state index >= 15 is 0 Å². The van der Waals surface area contributed by atoms with Crippen molar-refractivity contribution in [3.63, 3.8) is 0 Å². The van der Waals surface area contributed by atoms with Gasteiger partial charge < -0.3 is 19.1 Å². The smallest absolute Gasteiger partial charge is 0.358 e. The second-order valence-corrected chi connectivity index (χ2v) is 3.57. The fourth-order valence-corrected chi connectivity index (χ4v) is 1.55. The maximum atomic E-state index is 13.9. The number of ether oxygens (including phenoxy) is 2. The Morgan fingerprint density at radius 1 is 1.26 bits per heavy atom. The second kappa shape index (κ2) is 4.97. The fraction of sp³-hybridized carbons (Fsp3) is 0.167. The molecule has 0 radical (unpaired) electrons. The number of carboxylic acids is 1. The van der Waals surface area contributed by atoms with Crippen LogP contribution in [0.5, 0.6) is 11.5 Å². The van der Waals surface area contributed by atoms with E-state index in [1.807, 2.05) is 0 Å². The van der Waals surface area contributed by atoms with Gasteiger partial charge in [0.2, 0.25) is 0 Å². The first kappa shape index (κ1) is 12.9. The summed E-state index contributed by atoms with van der Waals surface area (Å²) in [5.41, 5.74) is -0.262. The number of methoxy groups -OCH3 is 2. The second-order valence-electron chi connectivity index (χ2n) is 3.57. The van der Waals surface area contributed by atoms with Crippen molar-refractivity contribution in [3.8, 4) is 22.8 Å². The molecule has 0 spiro atoms. The molecule has 100 valence electrons. The van der Waals surface area contributed by atoms with Crippen LogP contribution in [0.15, 0.2) is 22.7 Å². The van der Waals surface area contributed by atoms with Crippen LogP contribution in [-0.4, -0.2) is 30.5 Å². The molecule has 7 heteroatoms. The highest BCUT2D eigenvalue weighted by atomic mass is 19.1. The number of halogens is 1. The van der Waals surface area contributed by atoms with Gasteiger partial charge in [-0.05, 0) is 6.07 Å². The predicted molar refractivity (Wildman–Crippen MR) is 62.0 cm³/mol. The van der Waals surface area contributed by atoms with Crippen LogP contribution in [0.1, 0.15) is 10.5 Å². The Morgan fingerprint density at radius 2 is 1.89 bits per heavy atom. The number of aromatic nitrogens is 1. The van der Waals surface area contributed by atoms with Crippen LogP contribution in [0.2, 0.25) is 0 Å². The Kier molecular flexibility index (Phi) is 3.37. The van der Waals surface area contributed by atoms with E-state index in [9.17, 15) is 9.18 Å². The predicted octanol–water partition coefficient (Wildman–Crippen LogP) is 2.20. The van der Waals surface area contributed by atoms with Crippen LogP contribution >= 0.6 is 0 Å². The summed E-state index contributed by atoms with van der Waals surface area (Å²) in [6, 6.07) is 3.60. The normalized spacial score (nSPS) is 10.3. The van der Waals surface area contributed by atoms with Crippen molar-refractivity contribution in [2.24, 2.45) is 0 Å². The van der Waals surface area contributed by atoms with E-state index < -0.39 is 11.8 Å². The topological polar surface area (TPSA) is 81.8 Å². The standard InChI is InChI=1S/C12H10FNO5/c1-17-10-3-6(7(13)4-11(10)18-2)9-5-8(12(15)16)14-19-9/h3-5H,1-2H3,(H,15,16). The van der Waals surface area contributed by atoms with Crippen molar-refractivity contribution in [1.29, 1.82) is 0 Å². The van der Waals surface area contributed by atoms with Crippen molar-refractivity contribution in [2.45, 2.75) is 0 Å². The first-order valence-corrected chi connectivity index (χ1v) is 5.18. The summed E-state index contributed by atoms with van der Waals surface area (Å²) in [5.74, 6) is -1.37. The van der Waals surface area contributed by atoms with Crippen LogP contribution in [0.25, 0.3) is 11.3 Å². The first-order valence-electron chi connectivity index (χ1n) is 5.18. The average Bonchev–Trinajstić information content (AvgIpc) is 2.87. The number of carboxylic acid groups (broad SMARTS) is 1. The van der Waals surface area contributed by atoms with Crippen molar-refractivity contribution in [3.05, 3.63) is 29.7 Å². The molecule has 0 bridgehead atoms. The van der Waals surface area contributed by atoms with Gasteiger partial charge in [-0.1, -0.05) is 5.16 Å². The molecule has 0 aliphatic carbocycles. The monoisotopic (exact) mass is 267 g/mol. The van der Waals surface area contributed by atoms with Crippen LogP contribution in [-0.2, 0) is 0 Å². The lowest BCUT2D eigenvalue weighted by atomic mass is 10.1. The molecule has 2 rings (SSSR count). The Bertz CT molecular complexity index is 623. The molecule has 1 N–H and O–H groups in total. The summed E-state index contributed by atoms with van der Waals surface area (Å²) in [5, 5.41) is 12.1. The van der Waals surface area contributed by atoms with Gasteiger partial charge in [-0.15, -0.1) is 0 Å². The molecule has 1 heterocycles. The minimum atomic E-state index is -1.25. The van der Waals surface area contributed by atoms with Gasteiger partial charge in [-0.25, -0.2) is 9.18 Å². The van der Waals surface area contributed by atoms with Crippen LogP contribution in [0.4, 0.5) is 4.39 Å². The Morgan fingerprint density at radius 3 is 2.42 bits per heavy atom. The van der Waals surface area contributed by atoms with Gasteiger partial charge >= 0.3 is 5.97 Å². The van der Waals surface area contributed by atoms with Gasteiger partial charge in [0.15, 0.2) is 23.0 Å². The van der Waals surface area contributed by atoms with E-state index in [0.29, 0.717) is 5.75 Å². The molecular formula is C12H10FNO5. The molecule has 1 aromatic carbocycles. The quantitative estimate of drug-likeness (QED) is 0.914. The van der Waals surface area contributed by atoms with E-state index in [1.165, 1.54) is 20.3 Å². The number of nitrogens with zero attached hydrogens (tertiary/aromatic N) is 1. The molecule has 0 amide bonds. The lowest BCUT2D eigenvalue weighted by Crippen LogP contribution is -1.95. The number of hydrogen-bond donors (Lipinski definition) is 1. The molecule has 0 aliphatic rings. The molecule has 0 atom stereocenters. The van der Waals surface area contributed by atoms with E-state index in [-0.39, 0.29) is 22.8 Å². The van der Waals surface area contributed by atoms with Gasteiger partial charge in [0.1, 0.15) is 5.82 Å². The summed E-state index contributed by atoms with van der Waals surface area (Å²) in [7, 11) is 2.79. The molecule has 0 saturated heterocycles. The van der Waals surface area contributed by atoms with Gasteiger partial charge in [0, 0.05) is 12.1 Å². The summed E-state index contributed by atoms with van der Waals surface area (Å²) in [6.45, 7) is 0. The molecule has 1 aromatic heterocycles. The number of rotatable bonds is 4. The molecular weight excluding hydrogens is 257 g/mol. The summed E-state index contributed by atoms with van der Waals surface area (Å²) in [6.07, 6.45) is 0. The van der Waals surface area contributed by atoms with Crippen LogP contribution in [0.3, 0.4) is 0 Å². The van der Waals surface area contributed by atoms with Crippen molar-refractivity contribution >= 4 is 5.97 Å². The minimum Gasteiger partial charge on any atom is -0.493 e. The number of benzene rings is 1. The molecule has 0 fully saturated rings. The lowest BCUT2D eigenvalue weighted by Gasteiger charge is -2.09. The lowest BCUT2D eigenvalue weighted by molar-refractivity contribution is 0.0686. The maximum Gasteiger partial charge on any atom is 0.358 e. The summed E-state index contributed by atoms with van der Waals surface area (Å²) >= 11 is 0. The highest BCUT2D eigenvalue weighted by Crippen LogP contribution is 2.35. The third-order valence-corrected chi connectivity index (χ3v) is 2.47. The zero-order valence-electron chi connectivity index (χ0n) is 10.1. The zero-order chi connectivity index (χ0) is 14.0. The molecule has 0 saturated carbocycles. The van der Waals surface area contributed by atoms with Crippen LogP contribution < -0.4 is 9.47 Å². The Balaban J connectivity index is 2.51. The first-order chi connectivity index (χ1) is 9.06. The minimum absolute atomic E-state index is 0.00384. The van der Waals surface area contributed by atoms with Gasteiger partial charge in [-0.3, -0.25) is 0 Å². The van der Waals surface area contributed by atoms with E-state index in [1.54, 1.807) is 0 Å². The zero-order valence-corrected chi connectivity index (χ0v) is 10.1. The van der Waals surface area contributed by atoms with E-state index in [4.69, 9.17) is 19.1 Å². The van der Waals surface area contributed by atoms with Gasteiger partial charge in [-0.2, -0.15) is 0 Å². The molecule has 0 aliphatic heterocycles. The van der Waals surface area contributed by atoms with Gasteiger partial charge in [0.25, 0.3) is 0 Å². The Hall–Kier alpha value is -2.57. The molecule has 2 aromatic rings. The van der Waals surface area contributed by atoms with E-state index in [2.05, 4.69) is 5.16 Å². The largest absolute Gasteiger partial charge is 0.493 e. The molecule has 6 nitrogen and oxygen atoms in total. The maximum absolute atomic E-state index is 13.9. The number of aromatic carboxylic acids is 1. The SMILES string of the molecule is COc1cc(F)c(-c2cc(C(=O)O)no2)cc1OC. The molecule has 0 unspecified atom stereocenters. The van der Waals surface area contributed by atoms with Crippen molar-refractivity contribution < 1.29 is 28.3 Å².